The third-order valence-electron chi connectivity index (χ3n) is 4.79. The van der Waals surface area contributed by atoms with Crippen molar-refractivity contribution in [1.29, 1.82) is 0 Å². The van der Waals surface area contributed by atoms with Crippen LogP contribution in [0.15, 0.2) is 77.0 Å². The molecule has 0 fully saturated rings. The molecule has 0 saturated heterocycles. The Labute approximate surface area is 192 Å². The van der Waals surface area contributed by atoms with Crippen molar-refractivity contribution in [3.05, 3.63) is 82.6 Å². The van der Waals surface area contributed by atoms with Crippen LogP contribution in [0.2, 0.25) is 0 Å². The van der Waals surface area contributed by atoms with Crippen LogP contribution in [-0.2, 0) is 21.1 Å². The van der Waals surface area contributed by atoms with Gasteiger partial charge in [-0.2, -0.15) is 0 Å². The fraction of sp³-hybridized carbons (Fsp3) is 0.250. The molecule has 0 aliphatic heterocycles. The van der Waals surface area contributed by atoms with Crippen molar-refractivity contribution in [3.8, 4) is 0 Å². The predicted octanol–water partition coefficient (Wildman–Crippen LogP) is 4.30. The summed E-state index contributed by atoms with van der Waals surface area (Å²) in [6.07, 6.45) is 2.35. The Morgan fingerprint density at radius 3 is 2.47 bits per heavy atom. The first kappa shape index (κ1) is 23.7. The van der Waals surface area contributed by atoms with E-state index in [2.05, 4.69) is 16.7 Å². The van der Waals surface area contributed by atoms with E-state index in [1.807, 2.05) is 11.4 Å². The Hall–Kier alpha value is -2.97. The maximum Gasteiger partial charge on any atom is 0.251 e. The molecule has 0 spiro atoms. The molecular formula is C24H26N2O4S2. The Bertz CT molecular complexity index is 1130. The van der Waals surface area contributed by atoms with E-state index in [-0.39, 0.29) is 29.0 Å². The summed E-state index contributed by atoms with van der Waals surface area (Å²) in [4.78, 5) is 26.1. The fourth-order valence-electron chi connectivity index (χ4n) is 3.15. The van der Waals surface area contributed by atoms with Crippen LogP contribution in [0.1, 0.15) is 34.5 Å². The summed E-state index contributed by atoms with van der Waals surface area (Å²) in [5, 5.41) is 7.59. The number of sulfone groups is 1. The highest BCUT2D eigenvalue weighted by molar-refractivity contribution is 7.91. The van der Waals surface area contributed by atoms with Gasteiger partial charge in [0.1, 0.15) is 0 Å². The summed E-state index contributed by atoms with van der Waals surface area (Å²) in [5.41, 5.74) is 0.970. The Balaban J connectivity index is 1.42. The molecule has 8 heteroatoms. The minimum Gasteiger partial charge on any atom is -0.352 e. The summed E-state index contributed by atoms with van der Waals surface area (Å²) < 4.78 is 24.6. The summed E-state index contributed by atoms with van der Waals surface area (Å²) in [6.45, 7) is 0.240. The molecule has 2 aromatic carbocycles. The molecule has 0 radical (unpaired) electrons. The first-order valence-corrected chi connectivity index (χ1v) is 13.0. The van der Waals surface area contributed by atoms with Gasteiger partial charge in [0.25, 0.3) is 5.91 Å². The second-order valence-electron chi connectivity index (χ2n) is 7.30. The minimum atomic E-state index is -3.36. The van der Waals surface area contributed by atoms with E-state index in [1.54, 1.807) is 65.9 Å². The van der Waals surface area contributed by atoms with Crippen LogP contribution in [0, 0.1) is 0 Å². The Morgan fingerprint density at radius 1 is 0.906 bits per heavy atom. The number of hydrogen-bond acceptors (Lipinski definition) is 5. The topological polar surface area (TPSA) is 92.3 Å². The summed E-state index contributed by atoms with van der Waals surface area (Å²) in [7, 11) is -3.36. The highest BCUT2D eigenvalue weighted by Gasteiger charge is 2.14. The Kier molecular flexibility index (Phi) is 8.58. The summed E-state index contributed by atoms with van der Waals surface area (Å²) in [5.74, 6) is -0.445. The largest absolute Gasteiger partial charge is 0.352 e. The molecule has 3 rings (SSSR count). The van der Waals surface area contributed by atoms with Gasteiger partial charge in [-0.1, -0.05) is 30.3 Å². The molecule has 2 N–H and O–H groups in total. The van der Waals surface area contributed by atoms with E-state index in [4.69, 9.17) is 0 Å². The number of benzene rings is 2. The van der Waals surface area contributed by atoms with Crippen LogP contribution in [0.3, 0.4) is 0 Å². The molecule has 0 unspecified atom stereocenters. The molecule has 2 amide bonds. The molecule has 0 saturated carbocycles. The average molecular weight is 471 g/mol. The van der Waals surface area contributed by atoms with E-state index >= 15 is 0 Å². The van der Waals surface area contributed by atoms with Gasteiger partial charge in [-0.05, 0) is 61.0 Å². The van der Waals surface area contributed by atoms with Crippen molar-refractivity contribution in [3.63, 3.8) is 0 Å². The number of rotatable bonds is 11. The number of aryl methyl sites for hydroxylation is 1. The standard InChI is InChI=1S/C24H26N2O4S2/c27-23(14-5-10-21-11-6-16-31-21)26-20-9-4-8-19(18-20)24(28)25-15-7-17-32(29,30)22-12-2-1-3-13-22/h1-4,6,8-9,11-13,16,18H,5,7,10,14-15,17H2,(H,25,28)(H,26,27). The lowest BCUT2D eigenvalue weighted by atomic mass is 10.1. The normalized spacial score (nSPS) is 11.1. The maximum absolute atomic E-state index is 12.4. The highest BCUT2D eigenvalue weighted by atomic mass is 32.2. The van der Waals surface area contributed by atoms with Gasteiger partial charge in [-0.25, -0.2) is 8.42 Å². The summed E-state index contributed by atoms with van der Waals surface area (Å²) >= 11 is 1.68. The van der Waals surface area contributed by atoms with Crippen LogP contribution in [0.5, 0.6) is 0 Å². The van der Waals surface area contributed by atoms with E-state index < -0.39 is 9.84 Å². The van der Waals surface area contributed by atoms with Crippen molar-refractivity contribution in [2.24, 2.45) is 0 Å². The molecule has 3 aromatic rings. The van der Waals surface area contributed by atoms with Crippen molar-refractivity contribution < 1.29 is 18.0 Å². The zero-order valence-electron chi connectivity index (χ0n) is 17.6. The molecule has 6 nitrogen and oxygen atoms in total. The van der Waals surface area contributed by atoms with Crippen molar-refractivity contribution in [1.82, 2.24) is 5.32 Å². The monoisotopic (exact) mass is 470 g/mol. The van der Waals surface area contributed by atoms with Gasteiger partial charge in [-0.15, -0.1) is 11.3 Å². The molecular weight excluding hydrogens is 444 g/mol. The number of anilines is 1. The van der Waals surface area contributed by atoms with Gasteiger partial charge in [0.15, 0.2) is 9.84 Å². The molecule has 1 heterocycles. The smallest absolute Gasteiger partial charge is 0.251 e. The number of nitrogens with one attached hydrogen (secondary N) is 2. The van der Waals surface area contributed by atoms with E-state index in [9.17, 15) is 18.0 Å². The third kappa shape index (κ3) is 7.32. The van der Waals surface area contributed by atoms with E-state index in [0.29, 0.717) is 24.1 Å². The zero-order valence-corrected chi connectivity index (χ0v) is 19.3. The fourth-order valence-corrected chi connectivity index (χ4v) is 5.23. The molecule has 0 atom stereocenters. The first-order chi connectivity index (χ1) is 15.4. The van der Waals surface area contributed by atoms with Gasteiger partial charge in [0.2, 0.25) is 5.91 Å². The molecule has 1 aromatic heterocycles. The van der Waals surface area contributed by atoms with Crippen LogP contribution in [0.4, 0.5) is 5.69 Å². The third-order valence-corrected chi connectivity index (χ3v) is 7.55. The van der Waals surface area contributed by atoms with Crippen LogP contribution in [0.25, 0.3) is 0 Å². The molecule has 0 aliphatic carbocycles. The van der Waals surface area contributed by atoms with Gasteiger partial charge >= 0.3 is 0 Å². The number of carbonyl (C=O) groups excluding carboxylic acids is 2. The van der Waals surface area contributed by atoms with Crippen molar-refractivity contribution >= 4 is 38.7 Å². The number of thiophene rings is 1. The second kappa shape index (κ2) is 11.6. The lowest BCUT2D eigenvalue weighted by Crippen LogP contribution is -2.26. The first-order valence-electron chi connectivity index (χ1n) is 10.4. The van der Waals surface area contributed by atoms with Gasteiger partial charge in [-0.3, -0.25) is 9.59 Å². The van der Waals surface area contributed by atoms with Crippen LogP contribution >= 0.6 is 11.3 Å². The number of amides is 2. The van der Waals surface area contributed by atoms with Gasteiger partial charge < -0.3 is 10.6 Å². The van der Waals surface area contributed by atoms with E-state index in [1.165, 1.54) is 4.88 Å². The lowest BCUT2D eigenvalue weighted by molar-refractivity contribution is -0.116. The molecule has 168 valence electrons. The maximum atomic E-state index is 12.4. The average Bonchev–Trinajstić information content (AvgIpc) is 3.31. The summed E-state index contributed by atoms with van der Waals surface area (Å²) in [6, 6.07) is 19.0. The number of carbonyl (C=O) groups is 2. The number of hydrogen-bond donors (Lipinski definition) is 2. The zero-order chi connectivity index (χ0) is 22.8. The van der Waals surface area contributed by atoms with Crippen LogP contribution < -0.4 is 10.6 Å². The molecule has 0 bridgehead atoms. The minimum absolute atomic E-state index is 0.0428. The Morgan fingerprint density at radius 2 is 1.72 bits per heavy atom. The second-order valence-corrected chi connectivity index (χ2v) is 10.4. The van der Waals surface area contributed by atoms with Crippen molar-refractivity contribution in [2.75, 3.05) is 17.6 Å². The lowest BCUT2D eigenvalue weighted by Gasteiger charge is -2.09. The molecule has 0 aliphatic rings. The quantitative estimate of drug-likeness (QED) is 0.409. The van der Waals surface area contributed by atoms with Crippen LogP contribution in [-0.4, -0.2) is 32.5 Å². The van der Waals surface area contributed by atoms with Crippen molar-refractivity contribution in [2.45, 2.75) is 30.6 Å². The van der Waals surface area contributed by atoms with E-state index in [0.717, 1.165) is 12.8 Å². The predicted molar refractivity (Wildman–Crippen MR) is 128 cm³/mol. The molecule has 32 heavy (non-hydrogen) atoms. The van der Waals surface area contributed by atoms with Gasteiger partial charge in [0.05, 0.1) is 10.6 Å². The highest BCUT2D eigenvalue weighted by Crippen LogP contribution is 2.15. The SMILES string of the molecule is O=C(CCCc1cccs1)Nc1cccc(C(=O)NCCCS(=O)(=O)c2ccccc2)c1. The van der Waals surface area contributed by atoms with Gasteiger partial charge in [0, 0.05) is 29.1 Å².